The number of hydrogen-bond donors (Lipinski definition) is 1. The van der Waals surface area contributed by atoms with Crippen LogP contribution in [0.4, 0.5) is 0 Å². The van der Waals surface area contributed by atoms with E-state index in [2.05, 4.69) is 10.2 Å². The largest absolute Gasteiger partial charge is 0.496 e. The minimum Gasteiger partial charge on any atom is -0.496 e. The van der Waals surface area contributed by atoms with Crippen molar-refractivity contribution in [3.63, 3.8) is 0 Å². The lowest BCUT2D eigenvalue weighted by atomic mass is 10.1. The second kappa shape index (κ2) is 7.72. The molecule has 0 aromatic heterocycles. The van der Waals surface area contributed by atoms with Gasteiger partial charge < -0.3 is 19.7 Å². The highest BCUT2D eigenvalue weighted by molar-refractivity contribution is 6.32. The van der Waals surface area contributed by atoms with E-state index in [4.69, 9.17) is 21.1 Å². The third-order valence-electron chi connectivity index (χ3n) is 3.68. The maximum Gasteiger partial charge on any atom is 0.137 e. The van der Waals surface area contributed by atoms with Crippen molar-refractivity contribution in [2.75, 3.05) is 46.9 Å². The molecule has 1 aromatic carbocycles. The van der Waals surface area contributed by atoms with Crippen LogP contribution in [0.1, 0.15) is 12.0 Å². The number of aryl methyl sites for hydroxylation is 1. The Bertz CT molecular complexity index is 434. The molecule has 1 aliphatic heterocycles. The molecule has 0 unspecified atom stereocenters. The van der Waals surface area contributed by atoms with Gasteiger partial charge in [0.1, 0.15) is 11.5 Å². The first-order valence-electron chi connectivity index (χ1n) is 7.08. The average Bonchev–Trinajstić information content (AvgIpc) is 2.49. The standard InChI is InChI=1S/C15H23ClN2O2/c1-19-14-11-13(16)15(20-2)10-12(14)4-3-7-18-8-5-17-6-9-18/h10-11,17H,3-9H2,1-2H3. The van der Waals surface area contributed by atoms with E-state index in [9.17, 15) is 0 Å². The smallest absolute Gasteiger partial charge is 0.137 e. The normalized spacial score (nSPS) is 16.1. The van der Waals surface area contributed by atoms with E-state index < -0.39 is 0 Å². The lowest BCUT2D eigenvalue weighted by molar-refractivity contribution is 0.238. The molecule has 0 saturated carbocycles. The molecule has 2 rings (SSSR count). The van der Waals surface area contributed by atoms with Crippen LogP contribution in [0.2, 0.25) is 5.02 Å². The number of hydrogen-bond acceptors (Lipinski definition) is 4. The van der Waals surface area contributed by atoms with Gasteiger partial charge in [-0.3, -0.25) is 0 Å². The van der Waals surface area contributed by atoms with Crippen LogP contribution in [0.25, 0.3) is 0 Å². The summed E-state index contributed by atoms with van der Waals surface area (Å²) in [5.74, 6) is 1.56. The molecule has 1 heterocycles. The van der Waals surface area contributed by atoms with Crippen LogP contribution < -0.4 is 14.8 Å². The summed E-state index contributed by atoms with van der Waals surface area (Å²) in [7, 11) is 3.32. The van der Waals surface area contributed by atoms with Crippen molar-refractivity contribution in [1.82, 2.24) is 10.2 Å². The van der Waals surface area contributed by atoms with Crippen LogP contribution in [0.5, 0.6) is 11.5 Å². The monoisotopic (exact) mass is 298 g/mol. The molecule has 0 radical (unpaired) electrons. The molecule has 0 spiro atoms. The minimum absolute atomic E-state index is 0.593. The Labute approximate surface area is 126 Å². The Morgan fingerprint density at radius 3 is 2.50 bits per heavy atom. The Balaban J connectivity index is 1.93. The number of rotatable bonds is 6. The van der Waals surface area contributed by atoms with Gasteiger partial charge in [-0.05, 0) is 31.0 Å². The Morgan fingerprint density at radius 2 is 1.85 bits per heavy atom. The highest BCUT2D eigenvalue weighted by Crippen LogP contribution is 2.33. The van der Waals surface area contributed by atoms with Crippen LogP contribution in [0.15, 0.2) is 12.1 Å². The van der Waals surface area contributed by atoms with Gasteiger partial charge in [-0.15, -0.1) is 0 Å². The molecule has 1 aromatic rings. The van der Waals surface area contributed by atoms with Crippen molar-refractivity contribution in [2.24, 2.45) is 0 Å². The summed E-state index contributed by atoms with van der Waals surface area (Å²) < 4.78 is 10.7. The lowest BCUT2D eigenvalue weighted by Gasteiger charge is -2.27. The maximum absolute atomic E-state index is 6.12. The molecule has 0 amide bonds. The highest BCUT2D eigenvalue weighted by atomic mass is 35.5. The van der Waals surface area contributed by atoms with E-state index in [1.54, 1.807) is 14.2 Å². The molecule has 5 heteroatoms. The number of methoxy groups -OCH3 is 2. The van der Waals surface area contributed by atoms with Crippen molar-refractivity contribution < 1.29 is 9.47 Å². The molecule has 1 fully saturated rings. The predicted octanol–water partition coefficient (Wildman–Crippen LogP) is 2.19. The van der Waals surface area contributed by atoms with E-state index in [1.165, 1.54) is 0 Å². The van der Waals surface area contributed by atoms with Crippen molar-refractivity contribution in [3.8, 4) is 11.5 Å². The van der Waals surface area contributed by atoms with Gasteiger partial charge in [0.2, 0.25) is 0 Å². The van der Waals surface area contributed by atoms with E-state index in [-0.39, 0.29) is 0 Å². The summed E-state index contributed by atoms with van der Waals surface area (Å²) in [6.45, 7) is 5.59. The summed E-state index contributed by atoms with van der Waals surface area (Å²) in [4.78, 5) is 2.50. The molecular weight excluding hydrogens is 276 g/mol. The topological polar surface area (TPSA) is 33.7 Å². The maximum atomic E-state index is 6.12. The van der Waals surface area contributed by atoms with Crippen LogP contribution >= 0.6 is 11.6 Å². The SMILES string of the molecule is COc1cc(CCCN2CCNCC2)c(OC)cc1Cl. The van der Waals surface area contributed by atoms with Crippen molar-refractivity contribution in [3.05, 3.63) is 22.7 Å². The minimum atomic E-state index is 0.593. The summed E-state index contributed by atoms with van der Waals surface area (Å²) in [6, 6.07) is 3.82. The van der Waals surface area contributed by atoms with Crippen LogP contribution in [-0.2, 0) is 6.42 Å². The summed E-state index contributed by atoms with van der Waals surface area (Å²) in [5.41, 5.74) is 1.16. The molecule has 1 aliphatic rings. The predicted molar refractivity (Wildman–Crippen MR) is 82.2 cm³/mol. The zero-order valence-corrected chi connectivity index (χ0v) is 13.0. The van der Waals surface area contributed by atoms with E-state index in [1.807, 2.05) is 12.1 Å². The molecule has 112 valence electrons. The lowest BCUT2D eigenvalue weighted by Crippen LogP contribution is -2.43. The molecular formula is C15H23ClN2O2. The van der Waals surface area contributed by atoms with Gasteiger partial charge in [-0.1, -0.05) is 11.6 Å². The molecule has 1 N–H and O–H groups in total. The van der Waals surface area contributed by atoms with Crippen LogP contribution in [-0.4, -0.2) is 51.8 Å². The fourth-order valence-corrected chi connectivity index (χ4v) is 2.78. The van der Waals surface area contributed by atoms with Gasteiger partial charge in [-0.25, -0.2) is 0 Å². The number of nitrogens with one attached hydrogen (secondary N) is 1. The van der Waals surface area contributed by atoms with Crippen LogP contribution in [0, 0.1) is 0 Å². The number of nitrogens with zero attached hydrogens (tertiary/aromatic N) is 1. The zero-order valence-electron chi connectivity index (χ0n) is 12.2. The first kappa shape index (κ1) is 15.4. The van der Waals surface area contributed by atoms with E-state index in [0.717, 1.165) is 56.9 Å². The van der Waals surface area contributed by atoms with Gasteiger partial charge in [-0.2, -0.15) is 0 Å². The molecule has 0 atom stereocenters. The van der Waals surface area contributed by atoms with Gasteiger partial charge >= 0.3 is 0 Å². The van der Waals surface area contributed by atoms with Crippen molar-refractivity contribution >= 4 is 11.6 Å². The quantitative estimate of drug-likeness (QED) is 0.873. The van der Waals surface area contributed by atoms with Gasteiger partial charge in [0.25, 0.3) is 0 Å². The van der Waals surface area contributed by atoms with Gasteiger partial charge in [0.15, 0.2) is 0 Å². The Hall–Kier alpha value is -0.970. The number of ether oxygens (including phenoxy) is 2. The third kappa shape index (κ3) is 4.01. The Morgan fingerprint density at radius 1 is 1.15 bits per heavy atom. The highest BCUT2D eigenvalue weighted by Gasteiger charge is 2.12. The van der Waals surface area contributed by atoms with Crippen molar-refractivity contribution in [2.45, 2.75) is 12.8 Å². The number of halogens is 1. The molecule has 0 aliphatic carbocycles. The fourth-order valence-electron chi connectivity index (χ4n) is 2.55. The average molecular weight is 299 g/mol. The Kier molecular flexibility index (Phi) is 5.95. The van der Waals surface area contributed by atoms with Crippen LogP contribution in [0.3, 0.4) is 0 Å². The van der Waals surface area contributed by atoms with Crippen molar-refractivity contribution in [1.29, 1.82) is 0 Å². The fraction of sp³-hybridized carbons (Fsp3) is 0.600. The first-order chi connectivity index (χ1) is 9.74. The molecule has 1 saturated heterocycles. The number of benzene rings is 1. The number of piperazine rings is 1. The summed E-state index contributed by atoms with van der Waals surface area (Å²) >= 11 is 6.12. The molecule has 0 bridgehead atoms. The molecule has 20 heavy (non-hydrogen) atoms. The second-order valence-electron chi connectivity index (χ2n) is 4.99. The molecule has 4 nitrogen and oxygen atoms in total. The summed E-state index contributed by atoms with van der Waals surface area (Å²) in [6.07, 6.45) is 2.09. The second-order valence-corrected chi connectivity index (χ2v) is 5.40. The van der Waals surface area contributed by atoms with Gasteiger partial charge in [0.05, 0.1) is 19.2 Å². The van der Waals surface area contributed by atoms with E-state index >= 15 is 0 Å². The zero-order chi connectivity index (χ0) is 14.4. The van der Waals surface area contributed by atoms with Gasteiger partial charge in [0, 0.05) is 32.2 Å². The summed E-state index contributed by atoms with van der Waals surface area (Å²) in [5, 5.41) is 3.96. The van der Waals surface area contributed by atoms with E-state index in [0.29, 0.717) is 10.8 Å². The third-order valence-corrected chi connectivity index (χ3v) is 3.98. The first-order valence-corrected chi connectivity index (χ1v) is 7.46.